The average molecular weight is 351 g/mol. The highest BCUT2D eigenvalue weighted by Crippen LogP contribution is 2.22. The second kappa shape index (κ2) is 7.60. The number of hydrogen-bond acceptors (Lipinski definition) is 2. The van der Waals surface area contributed by atoms with Crippen LogP contribution < -0.4 is 5.73 Å². The number of likely N-dealkylation sites (tertiary alicyclic amines) is 1. The molecule has 0 aliphatic carbocycles. The molecule has 1 aliphatic heterocycles. The van der Waals surface area contributed by atoms with E-state index in [0.717, 1.165) is 35.5 Å². The van der Waals surface area contributed by atoms with E-state index in [1.54, 1.807) is 11.0 Å². The van der Waals surface area contributed by atoms with E-state index in [0.29, 0.717) is 13.1 Å². The minimum atomic E-state index is -0.321. The maximum Gasteiger partial charge on any atom is 0.246 e. The maximum absolute atomic E-state index is 12.5. The molecule has 1 aliphatic rings. The normalized spacial score (nSPS) is 17.6. The monoisotopic (exact) mass is 351 g/mol. The molecule has 1 unspecified atom stereocenters. The zero-order chi connectivity index (χ0) is 18.7. The number of hydrogen-bond donors (Lipinski definition) is 1. The number of piperidine rings is 1. The SMILES string of the molecule is Cc1cc(/C=C/C(=O)N2CCCC(C(N)=O)C2)c(C)n1-c1ccccc1. The predicted octanol–water partition coefficient (Wildman–Crippen LogP) is 2.83. The first-order valence-electron chi connectivity index (χ1n) is 8.98. The van der Waals surface area contributed by atoms with Gasteiger partial charge in [0, 0.05) is 36.2 Å². The molecule has 2 heterocycles. The maximum atomic E-state index is 12.5. The summed E-state index contributed by atoms with van der Waals surface area (Å²) in [5.41, 5.74) is 9.72. The largest absolute Gasteiger partial charge is 0.369 e. The van der Waals surface area contributed by atoms with E-state index in [1.165, 1.54) is 0 Å². The summed E-state index contributed by atoms with van der Waals surface area (Å²) >= 11 is 0. The summed E-state index contributed by atoms with van der Waals surface area (Å²) in [7, 11) is 0. The average Bonchev–Trinajstić information content (AvgIpc) is 2.94. The van der Waals surface area contributed by atoms with E-state index in [1.807, 2.05) is 31.2 Å². The number of para-hydroxylation sites is 1. The van der Waals surface area contributed by atoms with E-state index in [4.69, 9.17) is 5.73 Å². The summed E-state index contributed by atoms with van der Waals surface area (Å²) in [6.07, 6.45) is 5.04. The highest BCUT2D eigenvalue weighted by Gasteiger charge is 2.25. The first kappa shape index (κ1) is 18.0. The molecule has 2 amide bonds. The van der Waals surface area contributed by atoms with Crippen LogP contribution in [0.2, 0.25) is 0 Å². The van der Waals surface area contributed by atoms with Crippen LogP contribution in [0.4, 0.5) is 0 Å². The van der Waals surface area contributed by atoms with Crippen molar-refractivity contribution >= 4 is 17.9 Å². The van der Waals surface area contributed by atoms with Gasteiger partial charge in [-0.05, 0) is 56.5 Å². The van der Waals surface area contributed by atoms with Crippen LogP contribution in [0.25, 0.3) is 11.8 Å². The number of primary amides is 1. The Hall–Kier alpha value is -2.82. The van der Waals surface area contributed by atoms with Crippen molar-refractivity contribution in [2.24, 2.45) is 11.7 Å². The summed E-state index contributed by atoms with van der Waals surface area (Å²) in [6, 6.07) is 12.2. The van der Waals surface area contributed by atoms with Gasteiger partial charge in [0.05, 0.1) is 5.92 Å². The van der Waals surface area contributed by atoms with Crippen LogP contribution >= 0.6 is 0 Å². The van der Waals surface area contributed by atoms with E-state index < -0.39 is 0 Å². The van der Waals surface area contributed by atoms with Crippen LogP contribution in [-0.4, -0.2) is 34.4 Å². The van der Waals surface area contributed by atoms with Gasteiger partial charge in [-0.1, -0.05) is 18.2 Å². The second-order valence-corrected chi connectivity index (χ2v) is 6.86. The van der Waals surface area contributed by atoms with Crippen molar-refractivity contribution in [1.82, 2.24) is 9.47 Å². The smallest absolute Gasteiger partial charge is 0.246 e. The van der Waals surface area contributed by atoms with Crippen molar-refractivity contribution in [3.63, 3.8) is 0 Å². The Kier molecular flexibility index (Phi) is 5.26. The van der Waals surface area contributed by atoms with Crippen LogP contribution in [0.5, 0.6) is 0 Å². The molecule has 5 heteroatoms. The van der Waals surface area contributed by atoms with Gasteiger partial charge in [0.1, 0.15) is 0 Å². The summed E-state index contributed by atoms with van der Waals surface area (Å²) in [4.78, 5) is 25.6. The van der Waals surface area contributed by atoms with E-state index in [9.17, 15) is 9.59 Å². The molecule has 2 N–H and O–H groups in total. The Bertz CT molecular complexity index is 836. The third-order valence-corrected chi connectivity index (χ3v) is 5.03. The fourth-order valence-corrected chi connectivity index (χ4v) is 3.61. The van der Waals surface area contributed by atoms with Gasteiger partial charge < -0.3 is 15.2 Å². The van der Waals surface area contributed by atoms with Crippen LogP contribution in [0.3, 0.4) is 0 Å². The van der Waals surface area contributed by atoms with Crippen molar-refractivity contribution in [3.05, 3.63) is 59.4 Å². The summed E-state index contributed by atoms with van der Waals surface area (Å²) in [5, 5.41) is 0. The van der Waals surface area contributed by atoms with Gasteiger partial charge >= 0.3 is 0 Å². The molecule has 1 aromatic heterocycles. The van der Waals surface area contributed by atoms with Crippen LogP contribution in [-0.2, 0) is 9.59 Å². The van der Waals surface area contributed by atoms with E-state index >= 15 is 0 Å². The number of aryl methyl sites for hydroxylation is 1. The fourth-order valence-electron chi connectivity index (χ4n) is 3.61. The van der Waals surface area contributed by atoms with Gasteiger partial charge in [0.2, 0.25) is 11.8 Å². The Morgan fingerprint density at radius 3 is 2.62 bits per heavy atom. The topological polar surface area (TPSA) is 68.3 Å². The molecular weight excluding hydrogens is 326 g/mol. The van der Waals surface area contributed by atoms with Crippen molar-refractivity contribution in [3.8, 4) is 5.69 Å². The molecule has 0 spiro atoms. The van der Waals surface area contributed by atoms with Crippen LogP contribution in [0.1, 0.15) is 29.8 Å². The summed E-state index contributed by atoms with van der Waals surface area (Å²) in [5.74, 6) is -0.623. The van der Waals surface area contributed by atoms with Gasteiger partial charge in [0.15, 0.2) is 0 Å². The van der Waals surface area contributed by atoms with Crippen molar-refractivity contribution in [2.45, 2.75) is 26.7 Å². The highest BCUT2D eigenvalue weighted by molar-refractivity contribution is 5.92. The van der Waals surface area contributed by atoms with Crippen LogP contribution in [0.15, 0.2) is 42.5 Å². The van der Waals surface area contributed by atoms with Crippen molar-refractivity contribution in [1.29, 1.82) is 0 Å². The number of carbonyl (C=O) groups excluding carboxylic acids is 2. The molecule has 0 bridgehead atoms. The van der Waals surface area contributed by atoms with E-state index in [2.05, 4.69) is 29.7 Å². The van der Waals surface area contributed by atoms with Gasteiger partial charge in [-0.3, -0.25) is 9.59 Å². The molecule has 2 aromatic rings. The molecule has 1 aromatic carbocycles. The van der Waals surface area contributed by atoms with Crippen LogP contribution in [0, 0.1) is 19.8 Å². The molecule has 1 fully saturated rings. The number of carbonyl (C=O) groups is 2. The van der Waals surface area contributed by atoms with Crippen molar-refractivity contribution in [2.75, 3.05) is 13.1 Å². The lowest BCUT2D eigenvalue weighted by Crippen LogP contribution is -2.43. The minimum absolute atomic E-state index is 0.0690. The number of nitrogens with zero attached hydrogens (tertiary/aromatic N) is 2. The molecule has 136 valence electrons. The highest BCUT2D eigenvalue weighted by atomic mass is 16.2. The first-order valence-corrected chi connectivity index (χ1v) is 8.98. The standard InChI is InChI=1S/C21H25N3O2/c1-15-13-17(16(2)24(15)19-8-4-3-5-9-19)10-11-20(25)23-12-6-7-18(14-23)21(22)26/h3-5,8-11,13,18H,6-7,12,14H2,1-2H3,(H2,22,26)/b11-10+. The number of amides is 2. The number of benzene rings is 1. The van der Waals surface area contributed by atoms with Gasteiger partial charge in [-0.2, -0.15) is 0 Å². The first-order chi connectivity index (χ1) is 12.5. The lowest BCUT2D eigenvalue weighted by Gasteiger charge is -2.30. The lowest BCUT2D eigenvalue weighted by atomic mass is 9.97. The Morgan fingerprint density at radius 2 is 1.92 bits per heavy atom. The van der Waals surface area contributed by atoms with Gasteiger partial charge in [-0.25, -0.2) is 0 Å². The summed E-state index contributed by atoms with van der Waals surface area (Å²) < 4.78 is 2.17. The second-order valence-electron chi connectivity index (χ2n) is 6.86. The minimum Gasteiger partial charge on any atom is -0.369 e. The summed E-state index contributed by atoms with van der Waals surface area (Å²) in [6.45, 7) is 5.20. The fraction of sp³-hybridized carbons (Fsp3) is 0.333. The molecule has 1 saturated heterocycles. The molecule has 5 nitrogen and oxygen atoms in total. The van der Waals surface area contributed by atoms with E-state index in [-0.39, 0.29) is 17.7 Å². The van der Waals surface area contributed by atoms with Crippen molar-refractivity contribution < 1.29 is 9.59 Å². The Morgan fingerprint density at radius 1 is 1.19 bits per heavy atom. The number of rotatable bonds is 4. The molecular formula is C21H25N3O2. The lowest BCUT2D eigenvalue weighted by molar-refractivity contribution is -0.130. The number of nitrogens with two attached hydrogens (primary N) is 1. The van der Waals surface area contributed by atoms with Gasteiger partial charge in [0.25, 0.3) is 0 Å². The molecule has 0 saturated carbocycles. The molecule has 26 heavy (non-hydrogen) atoms. The third-order valence-electron chi connectivity index (χ3n) is 5.03. The van der Waals surface area contributed by atoms with Gasteiger partial charge in [-0.15, -0.1) is 0 Å². The molecule has 3 rings (SSSR count). The Labute approximate surface area is 154 Å². The molecule has 1 atom stereocenters. The Balaban J connectivity index is 1.77. The third kappa shape index (κ3) is 3.72. The zero-order valence-corrected chi connectivity index (χ0v) is 15.3. The zero-order valence-electron chi connectivity index (χ0n) is 15.3. The molecule has 0 radical (unpaired) electrons. The number of aromatic nitrogens is 1. The predicted molar refractivity (Wildman–Crippen MR) is 103 cm³/mol. The quantitative estimate of drug-likeness (QED) is 0.861.